The van der Waals surface area contributed by atoms with Crippen LogP contribution in [-0.2, 0) is 0 Å². The minimum Gasteiger partial charge on any atom is -0.0526 e. The quantitative estimate of drug-likeness (QED) is 0.580. The van der Waals surface area contributed by atoms with Gasteiger partial charge >= 0.3 is 0 Å². The van der Waals surface area contributed by atoms with E-state index >= 15 is 0 Å². The molecule has 9 heavy (non-hydrogen) atoms. The Kier molecular flexibility index (Phi) is 3.83. The number of hydrogen-bond acceptors (Lipinski definition) is 0. The molecular formula is C7H10I2. The Morgan fingerprint density at radius 1 is 0.778 bits per heavy atom. The summed E-state index contributed by atoms with van der Waals surface area (Å²) in [5, 5.41) is 0. The highest BCUT2D eigenvalue weighted by molar-refractivity contribution is 14.1. The fourth-order valence-corrected chi connectivity index (χ4v) is 2.31. The molecule has 0 amide bonds. The van der Waals surface area contributed by atoms with Crippen LogP contribution in [0.15, 0.2) is 7.16 Å². The van der Waals surface area contributed by atoms with E-state index in [4.69, 9.17) is 0 Å². The van der Waals surface area contributed by atoms with Crippen molar-refractivity contribution in [1.29, 1.82) is 0 Å². The summed E-state index contributed by atoms with van der Waals surface area (Å²) in [6.45, 7) is 0. The zero-order valence-corrected chi connectivity index (χ0v) is 9.61. The summed E-state index contributed by atoms with van der Waals surface area (Å²) in [4.78, 5) is 0. The highest BCUT2D eigenvalue weighted by Gasteiger charge is 2.04. The third-order valence-electron chi connectivity index (χ3n) is 1.59. The van der Waals surface area contributed by atoms with E-state index in [9.17, 15) is 0 Å². The maximum absolute atomic E-state index is 2.48. The van der Waals surface area contributed by atoms with Crippen LogP contribution < -0.4 is 0 Å². The fraction of sp³-hybridized carbons (Fsp3) is 0.714. The van der Waals surface area contributed by atoms with E-state index in [0.29, 0.717) is 0 Å². The van der Waals surface area contributed by atoms with Crippen molar-refractivity contribution in [2.75, 3.05) is 0 Å². The first-order chi connectivity index (χ1) is 4.30. The van der Waals surface area contributed by atoms with E-state index in [-0.39, 0.29) is 0 Å². The Morgan fingerprint density at radius 2 is 1.22 bits per heavy atom. The second-order valence-corrected chi connectivity index (χ2v) is 4.97. The van der Waals surface area contributed by atoms with Gasteiger partial charge in [0.2, 0.25) is 0 Å². The number of rotatable bonds is 0. The SMILES string of the molecule is IC1=C(I)CCCCC1. The molecule has 2 heteroatoms. The van der Waals surface area contributed by atoms with Gasteiger partial charge in [0, 0.05) is 0 Å². The van der Waals surface area contributed by atoms with Crippen LogP contribution in [0.4, 0.5) is 0 Å². The Balaban J connectivity index is 2.55. The first kappa shape index (κ1) is 8.30. The molecule has 1 aliphatic rings. The highest BCUT2D eigenvalue weighted by atomic mass is 127. The van der Waals surface area contributed by atoms with E-state index in [1.165, 1.54) is 32.1 Å². The second-order valence-electron chi connectivity index (χ2n) is 2.37. The first-order valence-corrected chi connectivity index (χ1v) is 5.49. The summed E-state index contributed by atoms with van der Waals surface area (Å²) in [6, 6.07) is 0. The van der Waals surface area contributed by atoms with Crippen LogP contribution in [0.5, 0.6) is 0 Å². The van der Waals surface area contributed by atoms with Crippen molar-refractivity contribution in [3.63, 3.8) is 0 Å². The molecule has 0 aromatic heterocycles. The topological polar surface area (TPSA) is 0 Å². The maximum Gasteiger partial charge on any atom is -0.000142 e. The molecule has 0 atom stereocenters. The van der Waals surface area contributed by atoms with E-state index in [2.05, 4.69) is 45.2 Å². The molecule has 1 rings (SSSR count). The van der Waals surface area contributed by atoms with Crippen LogP contribution in [0.1, 0.15) is 32.1 Å². The smallest absolute Gasteiger partial charge is 0.000142 e. The van der Waals surface area contributed by atoms with E-state index in [0.717, 1.165) is 0 Å². The molecule has 0 radical (unpaired) electrons. The summed E-state index contributed by atoms with van der Waals surface area (Å²) < 4.78 is 3.20. The molecule has 52 valence electrons. The fourth-order valence-electron chi connectivity index (χ4n) is 1.01. The first-order valence-electron chi connectivity index (χ1n) is 3.34. The third kappa shape index (κ3) is 2.74. The molecule has 0 spiro atoms. The number of halogens is 2. The molecule has 0 aromatic rings. The average Bonchev–Trinajstić information content (AvgIpc) is 1.99. The van der Waals surface area contributed by atoms with Crippen molar-refractivity contribution in [2.24, 2.45) is 0 Å². The van der Waals surface area contributed by atoms with E-state index in [1.54, 1.807) is 7.16 Å². The lowest BCUT2D eigenvalue weighted by molar-refractivity contribution is 0.716. The highest BCUT2D eigenvalue weighted by Crippen LogP contribution is 2.31. The van der Waals surface area contributed by atoms with Gasteiger partial charge in [0.1, 0.15) is 0 Å². The molecule has 0 fully saturated rings. The van der Waals surface area contributed by atoms with Gasteiger partial charge in [-0.25, -0.2) is 0 Å². The Labute approximate surface area is 83.8 Å². The summed E-state index contributed by atoms with van der Waals surface area (Å²) in [7, 11) is 0. The van der Waals surface area contributed by atoms with Crippen molar-refractivity contribution >= 4 is 45.2 Å². The van der Waals surface area contributed by atoms with Gasteiger partial charge in [0.05, 0.1) is 0 Å². The van der Waals surface area contributed by atoms with Gasteiger partial charge in [-0.05, 0) is 78.0 Å². The lowest BCUT2D eigenvalue weighted by atomic mass is 10.2. The number of allylic oxidation sites excluding steroid dienone is 2. The second kappa shape index (κ2) is 4.16. The molecule has 0 aliphatic heterocycles. The van der Waals surface area contributed by atoms with Crippen molar-refractivity contribution in [2.45, 2.75) is 32.1 Å². The summed E-state index contributed by atoms with van der Waals surface area (Å²) in [6.07, 6.45) is 6.91. The monoisotopic (exact) mass is 348 g/mol. The van der Waals surface area contributed by atoms with Crippen LogP contribution >= 0.6 is 45.2 Å². The summed E-state index contributed by atoms with van der Waals surface area (Å²) in [5.41, 5.74) is 0. The van der Waals surface area contributed by atoms with Crippen LogP contribution in [0.3, 0.4) is 0 Å². The van der Waals surface area contributed by atoms with Crippen molar-refractivity contribution < 1.29 is 0 Å². The zero-order valence-electron chi connectivity index (χ0n) is 5.29. The van der Waals surface area contributed by atoms with Gasteiger partial charge in [-0.1, -0.05) is 6.42 Å². The third-order valence-corrected chi connectivity index (χ3v) is 5.00. The summed E-state index contributed by atoms with van der Waals surface area (Å²) in [5.74, 6) is 0. The van der Waals surface area contributed by atoms with Crippen LogP contribution in [0.25, 0.3) is 0 Å². The van der Waals surface area contributed by atoms with Gasteiger partial charge < -0.3 is 0 Å². The average molecular weight is 348 g/mol. The maximum atomic E-state index is 2.48. The predicted molar refractivity (Wildman–Crippen MR) is 58.2 cm³/mol. The standard InChI is InChI=1S/C7H10I2/c8-6-4-2-1-3-5-7(6)9/h1-5H2. The van der Waals surface area contributed by atoms with Gasteiger partial charge in [0.15, 0.2) is 0 Å². The lowest BCUT2D eigenvalue weighted by Gasteiger charge is -1.95. The molecule has 0 bridgehead atoms. The van der Waals surface area contributed by atoms with Gasteiger partial charge in [-0.2, -0.15) is 0 Å². The van der Waals surface area contributed by atoms with Crippen LogP contribution in [-0.4, -0.2) is 0 Å². The van der Waals surface area contributed by atoms with Gasteiger partial charge in [-0.15, -0.1) is 0 Å². The van der Waals surface area contributed by atoms with Gasteiger partial charge in [-0.3, -0.25) is 0 Å². The summed E-state index contributed by atoms with van der Waals surface area (Å²) >= 11 is 4.96. The largest absolute Gasteiger partial charge is 0.0526 e. The number of hydrogen-bond donors (Lipinski definition) is 0. The van der Waals surface area contributed by atoms with Crippen LogP contribution in [0, 0.1) is 0 Å². The van der Waals surface area contributed by atoms with E-state index in [1.807, 2.05) is 0 Å². The predicted octanol–water partition coefficient (Wildman–Crippen LogP) is 4.03. The van der Waals surface area contributed by atoms with E-state index < -0.39 is 0 Å². The minimum atomic E-state index is 1.33. The molecular weight excluding hydrogens is 338 g/mol. The molecule has 0 saturated heterocycles. The molecule has 0 nitrogen and oxygen atoms in total. The molecule has 0 heterocycles. The normalized spacial score (nSPS) is 22.0. The molecule has 1 aliphatic carbocycles. The van der Waals surface area contributed by atoms with Crippen molar-refractivity contribution in [1.82, 2.24) is 0 Å². The Morgan fingerprint density at radius 3 is 1.67 bits per heavy atom. The van der Waals surface area contributed by atoms with Crippen LogP contribution in [0.2, 0.25) is 0 Å². The van der Waals surface area contributed by atoms with Crippen molar-refractivity contribution in [3.05, 3.63) is 7.16 Å². The minimum absolute atomic E-state index is 1.33. The molecule has 0 N–H and O–H groups in total. The molecule has 0 aromatic carbocycles. The Hall–Kier alpha value is 1.20. The molecule has 0 unspecified atom stereocenters. The zero-order chi connectivity index (χ0) is 6.69. The van der Waals surface area contributed by atoms with Crippen molar-refractivity contribution in [3.8, 4) is 0 Å². The van der Waals surface area contributed by atoms with Gasteiger partial charge in [0.25, 0.3) is 0 Å². The Bertz CT molecular complexity index is 113. The lowest BCUT2D eigenvalue weighted by Crippen LogP contribution is -1.70. The molecule has 0 saturated carbocycles.